The topological polar surface area (TPSA) is 46.2 Å². The Labute approximate surface area is 106 Å². The van der Waals surface area contributed by atoms with E-state index in [1.807, 2.05) is 32.0 Å². The molecule has 2 atom stereocenters. The van der Waals surface area contributed by atoms with Gasteiger partial charge in [-0.25, -0.2) is 0 Å². The number of aliphatic hydroxyl groups excluding tert-OH is 1. The molecule has 1 aromatic rings. The molecule has 2 nitrogen and oxygen atoms in total. The second kappa shape index (κ2) is 5.30. The van der Waals surface area contributed by atoms with E-state index in [0.717, 1.165) is 16.5 Å². The van der Waals surface area contributed by atoms with Crippen molar-refractivity contribution in [3.63, 3.8) is 0 Å². The number of hydrogen-bond acceptors (Lipinski definition) is 2. The minimum Gasteiger partial charge on any atom is -0.388 e. The molecule has 0 heterocycles. The van der Waals surface area contributed by atoms with Gasteiger partial charge in [0.2, 0.25) is 0 Å². The maximum Gasteiger partial charge on any atom is 0.0855 e. The van der Waals surface area contributed by atoms with E-state index in [9.17, 15) is 5.11 Å². The number of hydrogen-bond donors (Lipinski definition) is 2. The fraction of sp³-hybridized carbons (Fsp3) is 0.538. The van der Waals surface area contributed by atoms with Crippen LogP contribution in [-0.4, -0.2) is 11.7 Å². The van der Waals surface area contributed by atoms with Crippen LogP contribution in [0.1, 0.15) is 37.5 Å². The van der Waals surface area contributed by atoms with Crippen LogP contribution >= 0.6 is 15.9 Å². The summed E-state index contributed by atoms with van der Waals surface area (Å²) in [5, 5.41) is 10.4. The van der Waals surface area contributed by atoms with E-state index in [2.05, 4.69) is 22.9 Å². The van der Waals surface area contributed by atoms with E-state index in [-0.39, 0.29) is 5.41 Å². The maximum absolute atomic E-state index is 10.4. The van der Waals surface area contributed by atoms with Crippen molar-refractivity contribution in [2.24, 2.45) is 11.1 Å². The molecule has 2 unspecified atom stereocenters. The van der Waals surface area contributed by atoms with Crippen LogP contribution in [0.15, 0.2) is 22.7 Å². The van der Waals surface area contributed by atoms with Crippen LogP contribution in [0.4, 0.5) is 0 Å². The molecule has 1 aromatic carbocycles. The Balaban J connectivity index is 3.04. The summed E-state index contributed by atoms with van der Waals surface area (Å²) in [4.78, 5) is 0. The second-order valence-electron chi connectivity index (χ2n) is 4.62. The average Bonchev–Trinajstić information content (AvgIpc) is 2.30. The molecule has 90 valence electrons. The predicted molar refractivity (Wildman–Crippen MR) is 71.3 cm³/mol. The number of aliphatic hydroxyl groups is 1. The third kappa shape index (κ3) is 2.65. The molecule has 16 heavy (non-hydrogen) atoms. The SMILES string of the molecule is CCC(C)(CN)C(O)c1ccc(C)c(Br)c1. The molecule has 0 aliphatic carbocycles. The summed E-state index contributed by atoms with van der Waals surface area (Å²) in [5.74, 6) is 0. The van der Waals surface area contributed by atoms with Gasteiger partial charge in [0.25, 0.3) is 0 Å². The molecule has 0 spiro atoms. The molecule has 0 radical (unpaired) electrons. The van der Waals surface area contributed by atoms with Gasteiger partial charge in [-0.05, 0) is 30.5 Å². The number of rotatable bonds is 4. The summed E-state index contributed by atoms with van der Waals surface area (Å²) in [6.45, 7) is 6.59. The molecule has 0 amide bonds. The highest BCUT2D eigenvalue weighted by Gasteiger charge is 2.31. The van der Waals surface area contributed by atoms with Crippen molar-refractivity contribution >= 4 is 15.9 Å². The second-order valence-corrected chi connectivity index (χ2v) is 5.48. The summed E-state index contributed by atoms with van der Waals surface area (Å²) < 4.78 is 1.03. The first-order valence-corrected chi connectivity index (χ1v) is 6.38. The predicted octanol–water partition coefficient (Wildman–Crippen LogP) is 3.17. The first-order chi connectivity index (χ1) is 7.44. The van der Waals surface area contributed by atoms with Gasteiger partial charge in [-0.1, -0.05) is 41.9 Å². The van der Waals surface area contributed by atoms with Gasteiger partial charge in [0.1, 0.15) is 0 Å². The highest BCUT2D eigenvalue weighted by atomic mass is 79.9. The normalized spacial score (nSPS) is 16.9. The van der Waals surface area contributed by atoms with Crippen LogP contribution in [-0.2, 0) is 0 Å². The van der Waals surface area contributed by atoms with Crippen molar-refractivity contribution in [1.82, 2.24) is 0 Å². The Morgan fingerprint density at radius 3 is 2.56 bits per heavy atom. The molecule has 3 heteroatoms. The highest BCUT2D eigenvalue weighted by molar-refractivity contribution is 9.10. The fourth-order valence-corrected chi connectivity index (χ4v) is 2.03. The lowest BCUT2D eigenvalue weighted by Gasteiger charge is -2.32. The summed E-state index contributed by atoms with van der Waals surface area (Å²) >= 11 is 3.48. The summed E-state index contributed by atoms with van der Waals surface area (Å²) in [5.41, 5.74) is 7.59. The van der Waals surface area contributed by atoms with Crippen LogP contribution < -0.4 is 5.73 Å². The zero-order chi connectivity index (χ0) is 12.3. The highest BCUT2D eigenvalue weighted by Crippen LogP contribution is 2.36. The third-order valence-electron chi connectivity index (χ3n) is 3.45. The zero-order valence-corrected chi connectivity index (χ0v) is 11.7. The lowest BCUT2D eigenvalue weighted by molar-refractivity contribution is 0.0391. The van der Waals surface area contributed by atoms with Gasteiger partial charge in [-0.2, -0.15) is 0 Å². The largest absolute Gasteiger partial charge is 0.388 e. The molecule has 0 aliphatic rings. The van der Waals surface area contributed by atoms with E-state index >= 15 is 0 Å². The number of halogens is 1. The maximum atomic E-state index is 10.4. The minimum absolute atomic E-state index is 0.255. The molecule has 0 aromatic heterocycles. The molecule has 0 saturated heterocycles. The van der Waals surface area contributed by atoms with Crippen LogP contribution in [0.2, 0.25) is 0 Å². The quantitative estimate of drug-likeness (QED) is 0.893. The average molecular weight is 286 g/mol. The first-order valence-electron chi connectivity index (χ1n) is 5.59. The molecular weight excluding hydrogens is 266 g/mol. The fourth-order valence-electron chi connectivity index (χ4n) is 1.63. The summed E-state index contributed by atoms with van der Waals surface area (Å²) in [7, 11) is 0. The van der Waals surface area contributed by atoms with E-state index in [4.69, 9.17) is 5.73 Å². The van der Waals surface area contributed by atoms with Crippen molar-refractivity contribution in [3.8, 4) is 0 Å². The van der Waals surface area contributed by atoms with Gasteiger partial charge in [-0.3, -0.25) is 0 Å². The Morgan fingerprint density at radius 1 is 1.50 bits per heavy atom. The molecule has 0 saturated carbocycles. The van der Waals surface area contributed by atoms with Gasteiger partial charge in [0, 0.05) is 16.4 Å². The zero-order valence-electron chi connectivity index (χ0n) is 10.1. The Bertz CT molecular complexity index is 361. The van der Waals surface area contributed by atoms with E-state index < -0.39 is 6.10 Å². The minimum atomic E-state index is -0.514. The van der Waals surface area contributed by atoms with Crippen molar-refractivity contribution in [2.45, 2.75) is 33.3 Å². The molecule has 0 bridgehead atoms. The monoisotopic (exact) mass is 285 g/mol. The van der Waals surface area contributed by atoms with Crippen molar-refractivity contribution in [1.29, 1.82) is 0 Å². The van der Waals surface area contributed by atoms with Crippen LogP contribution in [0.25, 0.3) is 0 Å². The smallest absolute Gasteiger partial charge is 0.0855 e. The first kappa shape index (κ1) is 13.7. The number of benzene rings is 1. The van der Waals surface area contributed by atoms with E-state index in [1.165, 1.54) is 5.56 Å². The van der Waals surface area contributed by atoms with Crippen molar-refractivity contribution < 1.29 is 5.11 Å². The van der Waals surface area contributed by atoms with Crippen LogP contribution in [0.5, 0.6) is 0 Å². The van der Waals surface area contributed by atoms with Gasteiger partial charge < -0.3 is 10.8 Å². The Hall–Kier alpha value is -0.380. The number of aryl methyl sites for hydroxylation is 1. The lowest BCUT2D eigenvalue weighted by Crippen LogP contribution is -2.33. The van der Waals surface area contributed by atoms with Crippen LogP contribution in [0, 0.1) is 12.3 Å². The third-order valence-corrected chi connectivity index (χ3v) is 4.30. The Morgan fingerprint density at radius 2 is 2.12 bits per heavy atom. The summed E-state index contributed by atoms with van der Waals surface area (Å²) in [6.07, 6.45) is 0.343. The molecule has 3 N–H and O–H groups in total. The molecule has 0 aliphatic heterocycles. The molecule has 0 fully saturated rings. The molecular formula is C13H20BrNO. The standard InChI is InChI=1S/C13H20BrNO/c1-4-13(3,8-15)12(16)10-6-5-9(2)11(14)7-10/h5-7,12,16H,4,8,15H2,1-3H3. The summed E-state index contributed by atoms with van der Waals surface area (Å²) in [6, 6.07) is 5.95. The number of nitrogens with two attached hydrogens (primary N) is 1. The van der Waals surface area contributed by atoms with E-state index in [1.54, 1.807) is 0 Å². The lowest BCUT2D eigenvalue weighted by atomic mass is 9.78. The van der Waals surface area contributed by atoms with Crippen molar-refractivity contribution in [2.75, 3.05) is 6.54 Å². The van der Waals surface area contributed by atoms with Gasteiger partial charge in [0.15, 0.2) is 0 Å². The Kier molecular flexibility index (Phi) is 4.53. The molecule has 1 rings (SSSR count). The van der Waals surface area contributed by atoms with Gasteiger partial charge in [-0.15, -0.1) is 0 Å². The van der Waals surface area contributed by atoms with Gasteiger partial charge in [0.05, 0.1) is 6.10 Å². The van der Waals surface area contributed by atoms with Gasteiger partial charge >= 0.3 is 0 Å². The van der Waals surface area contributed by atoms with Crippen LogP contribution in [0.3, 0.4) is 0 Å². The van der Waals surface area contributed by atoms with E-state index in [0.29, 0.717) is 6.54 Å². The van der Waals surface area contributed by atoms with Crippen molar-refractivity contribution in [3.05, 3.63) is 33.8 Å².